The quantitative estimate of drug-likeness (QED) is 0.391. The van der Waals surface area contributed by atoms with Crippen molar-refractivity contribution in [3.8, 4) is 0 Å². The summed E-state index contributed by atoms with van der Waals surface area (Å²) in [5.41, 5.74) is 0.680. The van der Waals surface area contributed by atoms with Crippen LogP contribution in [0, 0.1) is 12.3 Å². The van der Waals surface area contributed by atoms with Gasteiger partial charge in [0.2, 0.25) is 0 Å². The van der Waals surface area contributed by atoms with Crippen LogP contribution in [-0.2, 0) is 4.79 Å². The zero-order chi connectivity index (χ0) is 13.3. The Kier molecular flexibility index (Phi) is 3.97. The molecule has 1 unspecified atom stereocenters. The van der Waals surface area contributed by atoms with Crippen molar-refractivity contribution in [2.75, 3.05) is 12.9 Å². The van der Waals surface area contributed by atoms with Gasteiger partial charge in [-0.15, -0.1) is 11.6 Å². The number of rotatable bonds is 3. The van der Waals surface area contributed by atoms with E-state index < -0.39 is 10.1 Å². The Balaban J connectivity index is 3.21. The highest BCUT2D eigenvalue weighted by Gasteiger charge is 2.45. The maximum Gasteiger partial charge on any atom is 0.357 e. The highest BCUT2D eigenvalue weighted by Crippen LogP contribution is 2.30. The Morgan fingerprint density at radius 2 is 1.94 bits per heavy atom. The Hall–Kier alpha value is -0.900. The highest BCUT2D eigenvalue weighted by atomic mass is 35.5. The van der Waals surface area contributed by atoms with E-state index in [1.165, 1.54) is 7.05 Å². The third kappa shape index (κ3) is 2.68. The van der Waals surface area contributed by atoms with Gasteiger partial charge in [-0.05, 0) is 20.8 Å². The molecular formula is C13H19ClNO2+. The lowest BCUT2D eigenvalue weighted by molar-refractivity contribution is -0.165. The molecule has 0 aliphatic heterocycles. The van der Waals surface area contributed by atoms with Crippen molar-refractivity contribution in [2.24, 2.45) is 5.41 Å². The zero-order valence-electron chi connectivity index (χ0n) is 10.7. The van der Waals surface area contributed by atoms with Gasteiger partial charge < -0.3 is 0 Å². The number of benzene rings is 1. The number of hydroxylamine groups is 2. The van der Waals surface area contributed by atoms with E-state index in [9.17, 15) is 10.0 Å². The van der Waals surface area contributed by atoms with Crippen molar-refractivity contribution in [1.29, 1.82) is 0 Å². The van der Waals surface area contributed by atoms with E-state index in [1.54, 1.807) is 26.0 Å². The van der Waals surface area contributed by atoms with Gasteiger partial charge in [-0.1, -0.05) is 22.8 Å². The molecule has 1 atom stereocenters. The molecule has 1 aromatic carbocycles. The van der Waals surface area contributed by atoms with Gasteiger partial charge in [-0.3, -0.25) is 0 Å². The van der Waals surface area contributed by atoms with Gasteiger partial charge in [0.1, 0.15) is 7.05 Å². The summed E-state index contributed by atoms with van der Waals surface area (Å²) in [5.74, 6) is -0.145. The second kappa shape index (κ2) is 4.77. The third-order valence-electron chi connectivity index (χ3n) is 2.89. The molecule has 4 heteroatoms. The first-order valence-electron chi connectivity index (χ1n) is 5.50. The van der Waals surface area contributed by atoms with E-state index in [1.807, 2.05) is 19.1 Å². The minimum absolute atomic E-state index is 0.173. The van der Waals surface area contributed by atoms with Gasteiger partial charge in [0.25, 0.3) is 0 Å². The molecule has 94 valence electrons. The lowest BCUT2D eigenvalue weighted by Crippen LogP contribution is -2.54. The number of quaternary nitrogens is 1. The van der Waals surface area contributed by atoms with Crippen LogP contribution in [0.25, 0.3) is 0 Å². The monoisotopic (exact) mass is 256 g/mol. The van der Waals surface area contributed by atoms with E-state index in [-0.39, 0.29) is 11.8 Å². The van der Waals surface area contributed by atoms with Gasteiger partial charge in [-0.25, -0.2) is 10.0 Å². The minimum Gasteiger partial charge on any atom is -0.226 e. The highest BCUT2D eigenvalue weighted by molar-refractivity contribution is 6.20. The Morgan fingerprint density at radius 3 is 2.41 bits per heavy atom. The minimum atomic E-state index is -0.771. The van der Waals surface area contributed by atoms with Crippen molar-refractivity contribution in [1.82, 2.24) is 4.65 Å². The molecular weight excluding hydrogens is 238 g/mol. The fraction of sp³-hybridized carbons (Fsp3) is 0.462. The van der Waals surface area contributed by atoms with Crippen LogP contribution in [0.5, 0.6) is 0 Å². The topological polar surface area (TPSA) is 37.3 Å². The van der Waals surface area contributed by atoms with Crippen LogP contribution in [0.4, 0.5) is 5.69 Å². The van der Waals surface area contributed by atoms with Crippen molar-refractivity contribution >= 4 is 23.2 Å². The molecule has 0 saturated heterocycles. The molecule has 0 fully saturated rings. The van der Waals surface area contributed by atoms with Crippen LogP contribution in [0.15, 0.2) is 24.3 Å². The summed E-state index contributed by atoms with van der Waals surface area (Å²) >= 11 is 5.78. The molecule has 17 heavy (non-hydrogen) atoms. The van der Waals surface area contributed by atoms with Crippen LogP contribution in [0.2, 0.25) is 0 Å². The molecule has 3 nitrogen and oxygen atoms in total. The largest absolute Gasteiger partial charge is 0.357 e. The van der Waals surface area contributed by atoms with Crippen LogP contribution < -0.4 is 4.65 Å². The smallest absolute Gasteiger partial charge is 0.226 e. The second-order valence-electron chi connectivity index (χ2n) is 5.07. The van der Waals surface area contributed by atoms with Crippen LogP contribution in [0.3, 0.4) is 0 Å². The van der Waals surface area contributed by atoms with Gasteiger partial charge >= 0.3 is 5.91 Å². The van der Waals surface area contributed by atoms with Crippen LogP contribution in [-0.4, -0.2) is 24.0 Å². The number of aryl methyl sites for hydroxylation is 1. The Morgan fingerprint density at radius 1 is 1.41 bits per heavy atom. The molecule has 1 N–H and O–H groups in total. The number of alkyl halides is 1. The van der Waals surface area contributed by atoms with E-state index in [2.05, 4.69) is 0 Å². The second-order valence-corrected chi connectivity index (χ2v) is 5.34. The summed E-state index contributed by atoms with van der Waals surface area (Å²) in [6, 6.07) is 7.28. The molecule has 0 aliphatic carbocycles. The molecule has 0 aliphatic rings. The number of para-hydroxylation sites is 1. The summed E-state index contributed by atoms with van der Waals surface area (Å²) in [6.07, 6.45) is 0. The standard InChI is InChI=1S/C13H19ClNO2/c1-10-7-5-6-8-11(10)15(4,17)12(16)13(2,3)9-14/h5-8,17H,9H2,1-4H3/q+1. The molecule has 0 radical (unpaired) electrons. The van der Waals surface area contributed by atoms with Crippen molar-refractivity contribution in [3.05, 3.63) is 29.8 Å². The molecule has 1 rings (SSSR count). The van der Waals surface area contributed by atoms with Gasteiger partial charge in [0.05, 0.1) is 5.41 Å². The summed E-state index contributed by atoms with van der Waals surface area (Å²) in [5, 5.41) is 10.4. The number of carbonyl (C=O) groups excluding carboxylic acids is 1. The first kappa shape index (κ1) is 14.2. The summed E-state index contributed by atoms with van der Waals surface area (Å²) in [4.78, 5) is 12.3. The SMILES string of the molecule is Cc1ccccc1[N+](C)(O)C(=O)C(C)(C)CCl. The lowest BCUT2D eigenvalue weighted by Gasteiger charge is -2.30. The average Bonchev–Trinajstić information content (AvgIpc) is 2.28. The number of hydrogen-bond donors (Lipinski definition) is 1. The third-order valence-corrected chi connectivity index (χ3v) is 3.56. The lowest BCUT2D eigenvalue weighted by atomic mass is 9.93. The van der Waals surface area contributed by atoms with Crippen molar-refractivity contribution in [2.45, 2.75) is 20.8 Å². The maximum absolute atomic E-state index is 12.3. The maximum atomic E-state index is 12.3. The average molecular weight is 257 g/mol. The predicted molar refractivity (Wildman–Crippen MR) is 70.2 cm³/mol. The summed E-state index contributed by atoms with van der Waals surface area (Å²) in [7, 11) is 1.47. The Labute approximate surface area is 107 Å². The van der Waals surface area contributed by atoms with Gasteiger partial charge in [0, 0.05) is 17.5 Å². The molecule has 1 amide bonds. The molecule has 0 bridgehead atoms. The predicted octanol–water partition coefficient (Wildman–Crippen LogP) is 3.11. The number of carbonyl (C=O) groups is 1. The van der Waals surface area contributed by atoms with Gasteiger partial charge in [0.15, 0.2) is 5.69 Å². The number of hydrogen-bond acceptors (Lipinski definition) is 2. The van der Waals surface area contributed by atoms with Crippen LogP contribution >= 0.6 is 11.6 Å². The Bertz CT molecular complexity index is 427. The molecule has 1 aromatic rings. The van der Waals surface area contributed by atoms with E-state index in [0.717, 1.165) is 5.56 Å². The fourth-order valence-electron chi connectivity index (χ4n) is 1.81. The van der Waals surface area contributed by atoms with E-state index in [0.29, 0.717) is 5.69 Å². The van der Waals surface area contributed by atoms with Crippen molar-refractivity contribution in [3.63, 3.8) is 0 Å². The molecule has 0 saturated carbocycles. The van der Waals surface area contributed by atoms with E-state index in [4.69, 9.17) is 11.6 Å². The molecule has 0 heterocycles. The number of amides is 1. The first-order valence-corrected chi connectivity index (χ1v) is 6.03. The first-order chi connectivity index (χ1) is 7.73. The summed E-state index contributed by atoms with van der Waals surface area (Å²) in [6.45, 7) is 5.32. The zero-order valence-corrected chi connectivity index (χ0v) is 11.5. The molecule has 0 spiro atoms. The summed E-state index contributed by atoms with van der Waals surface area (Å²) < 4.78 is -0.771. The van der Waals surface area contributed by atoms with E-state index >= 15 is 0 Å². The number of nitrogens with zero attached hydrogens (tertiary/aromatic N) is 1. The fourth-order valence-corrected chi connectivity index (χ4v) is 1.92. The van der Waals surface area contributed by atoms with Gasteiger partial charge in [-0.2, -0.15) is 0 Å². The molecule has 0 aromatic heterocycles. The normalized spacial score (nSPS) is 15.4. The number of halogens is 1. The van der Waals surface area contributed by atoms with Crippen LogP contribution in [0.1, 0.15) is 19.4 Å². The van der Waals surface area contributed by atoms with Crippen molar-refractivity contribution < 1.29 is 10.0 Å².